The molecule has 17 heavy (non-hydrogen) atoms. The molecule has 1 atom stereocenters. The summed E-state index contributed by atoms with van der Waals surface area (Å²) in [6, 6.07) is 3.81. The summed E-state index contributed by atoms with van der Waals surface area (Å²) in [6.07, 6.45) is 0.436. The van der Waals surface area contributed by atoms with Crippen LogP contribution in [0.25, 0.3) is 0 Å². The van der Waals surface area contributed by atoms with Gasteiger partial charge >= 0.3 is 0 Å². The number of ketones is 1. The molecule has 0 spiro atoms. The van der Waals surface area contributed by atoms with Crippen molar-refractivity contribution in [3.8, 4) is 5.75 Å². The molecule has 4 nitrogen and oxygen atoms in total. The van der Waals surface area contributed by atoms with Crippen LogP contribution in [0.2, 0.25) is 0 Å². The molecule has 1 saturated heterocycles. The second-order valence-corrected chi connectivity index (χ2v) is 4.13. The van der Waals surface area contributed by atoms with E-state index in [1.807, 2.05) is 0 Å². The Morgan fingerprint density at radius 1 is 1.59 bits per heavy atom. The molecule has 1 heterocycles. The highest BCUT2D eigenvalue weighted by molar-refractivity contribution is 6.05. The van der Waals surface area contributed by atoms with Crippen molar-refractivity contribution in [1.29, 1.82) is 0 Å². The van der Waals surface area contributed by atoms with Crippen molar-refractivity contribution < 1.29 is 18.7 Å². The van der Waals surface area contributed by atoms with Gasteiger partial charge in [-0.1, -0.05) is 0 Å². The summed E-state index contributed by atoms with van der Waals surface area (Å²) in [4.78, 5) is 12.2. The molecule has 0 saturated carbocycles. The number of rotatable bonds is 3. The topological polar surface area (TPSA) is 61.5 Å². The summed E-state index contributed by atoms with van der Waals surface area (Å²) in [7, 11) is 1.43. The lowest BCUT2D eigenvalue weighted by Gasteiger charge is -2.21. The molecular weight excluding hydrogens is 225 g/mol. The third-order valence-electron chi connectivity index (χ3n) is 2.91. The highest BCUT2D eigenvalue weighted by atomic mass is 19.1. The van der Waals surface area contributed by atoms with Gasteiger partial charge in [0.15, 0.2) is 5.78 Å². The van der Waals surface area contributed by atoms with Gasteiger partial charge in [-0.2, -0.15) is 0 Å². The molecule has 0 amide bonds. The first kappa shape index (κ1) is 12.0. The number of ether oxygens (including phenoxy) is 2. The minimum absolute atomic E-state index is 0.158. The van der Waals surface area contributed by atoms with Crippen molar-refractivity contribution in [1.82, 2.24) is 0 Å². The largest absolute Gasteiger partial charge is 0.496 e. The van der Waals surface area contributed by atoms with Crippen molar-refractivity contribution in [3.63, 3.8) is 0 Å². The van der Waals surface area contributed by atoms with Crippen LogP contribution < -0.4 is 10.5 Å². The highest BCUT2D eigenvalue weighted by Gasteiger charge is 2.39. The number of Topliss-reactive ketones (excluding diaryl/α,β-unsaturated/α-hetero) is 1. The second kappa shape index (κ2) is 4.43. The minimum Gasteiger partial charge on any atom is -0.496 e. The number of methoxy groups -OCH3 is 1. The van der Waals surface area contributed by atoms with Crippen LogP contribution in [0.5, 0.6) is 5.75 Å². The average molecular weight is 239 g/mol. The molecule has 0 bridgehead atoms. The lowest BCUT2D eigenvalue weighted by atomic mass is 9.89. The summed E-state index contributed by atoms with van der Waals surface area (Å²) in [5.41, 5.74) is 5.05. The van der Waals surface area contributed by atoms with E-state index in [1.165, 1.54) is 19.2 Å². The molecule has 1 aliphatic heterocycles. The van der Waals surface area contributed by atoms with E-state index in [4.69, 9.17) is 15.2 Å². The fourth-order valence-electron chi connectivity index (χ4n) is 1.89. The predicted molar refractivity (Wildman–Crippen MR) is 59.6 cm³/mol. The number of hydrogen-bond acceptors (Lipinski definition) is 4. The number of carbonyl (C=O) groups is 1. The maximum atomic E-state index is 13.2. The first-order valence-electron chi connectivity index (χ1n) is 5.32. The van der Waals surface area contributed by atoms with Gasteiger partial charge in [0, 0.05) is 6.61 Å². The lowest BCUT2D eigenvalue weighted by Crippen LogP contribution is -2.48. The van der Waals surface area contributed by atoms with Crippen LogP contribution in [0.15, 0.2) is 18.2 Å². The Labute approximate surface area is 98.5 Å². The Bertz CT molecular complexity index is 441. The van der Waals surface area contributed by atoms with Crippen LogP contribution in [0.4, 0.5) is 4.39 Å². The Balaban J connectivity index is 2.39. The van der Waals surface area contributed by atoms with E-state index in [-0.39, 0.29) is 18.0 Å². The van der Waals surface area contributed by atoms with Gasteiger partial charge in [0.2, 0.25) is 0 Å². The Hall–Kier alpha value is -1.46. The fourth-order valence-corrected chi connectivity index (χ4v) is 1.89. The number of nitrogens with two attached hydrogens (primary N) is 1. The van der Waals surface area contributed by atoms with Crippen molar-refractivity contribution in [3.05, 3.63) is 29.6 Å². The van der Waals surface area contributed by atoms with E-state index in [0.717, 1.165) is 6.07 Å². The number of benzene rings is 1. The van der Waals surface area contributed by atoms with Crippen LogP contribution in [0, 0.1) is 5.82 Å². The first-order chi connectivity index (χ1) is 8.07. The molecular formula is C12H14FNO3. The number of carbonyl (C=O) groups excluding carboxylic acids is 1. The Morgan fingerprint density at radius 2 is 2.35 bits per heavy atom. The van der Waals surface area contributed by atoms with Crippen LogP contribution in [0.3, 0.4) is 0 Å². The monoisotopic (exact) mass is 239 g/mol. The molecule has 1 unspecified atom stereocenters. The van der Waals surface area contributed by atoms with Crippen LogP contribution in [-0.4, -0.2) is 31.6 Å². The van der Waals surface area contributed by atoms with Crippen molar-refractivity contribution in [2.45, 2.75) is 12.0 Å². The highest BCUT2D eigenvalue weighted by Crippen LogP contribution is 2.27. The second-order valence-electron chi connectivity index (χ2n) is 4.13. The van der Waals surface area contributed by atoms with Gasteiger partial charge in [-0.25, -0.2) is 4.39 Å². The molecule has 1 aromatic carbocycles. The molecule has 1 aliphatic rings. The van der Waals surface area contributed by atoms with Gasteiger partial charge in [0.05, 0.1) is 19.3 Å². The predicted octanol–water partition coefficient (Wildman–Crippen LogP) is 1.13. The zero-order valence-corrected chi connectivity index (χ0v) is 9.53. The molecule has 1 aromatic rings. The molecule has 92 valence electrons. The maximum Gasteiger partial charge on any atom is 0.188 e. The lowest BCUT2D eigenvalue weighted by molar-refractivity contribution is 0.0859. The molecule has 0 aliphatic carbocycles. The van der Waals surface area contributed by atoms with Gasteiger partial charge in [-0.15, -0.1) is 0 Å². The Morgan fingerprint density at radius 3 is 2.94 bits per heavy atom. The van der Waals surface area contributed by atoms with Gasteiger partial charge < -0.3 is 15.2 Å². The quantitative estimate of drug-likeness (QED) is 0.803. The zero-order chi connectivity index (χ0) is 12.5. The van der Waals surface area contributed by atoms with Crippen LogP contribution >= 0.6 is 0 Å². The Kier molecular flexibility index (Phi) is 3.13. The third kappa shape index (κ3) is 2.16. The van der Waals surface area contributed by atoms with E-state index in [2.05, 4.69) is 0 Å². The first-order valence-corrected chi connectivity index (χ1v) is 5.32. The fraction of sp³-hybridized carbons (Fsp3) is 0.417. The van der Waals surface area contributed by atoms with Crippen molar-refractivity contribution in [2.75, 3.05) is 20.3 Å². The normalized spacial score (nSPS) is 23.7. The molecule has 0 radical (unpaired) electrons. The van der Waals surface area contributed by atoms with E-state index in [0.29, 0.717) is 18.8 Å². The van der Waals surface area contributed by atoms with Gasteiger partial charge in [0.25, 0.3) is 0 Å². The molecule has 2 rings (SSSR count). The standard InChI is InChI=1S/C12H14FNO3/c1-16-10-3-2-8(13)6-9(10)11(15)12(14)4-5-17-7-12/h2-3,6H,4-5,7,14H2,1H3. The average Bonchev–Trinajstić information content (AvgIpc) is 2.76. The van der Waals surface area contributed by atoms with Gasteiger partial charge in [0.1, 0.15) is 17.1 Å². The summed E-state index contributed by atoms with van der Waals surface area (Å²) in [6.45, 7) is 0.603. The van der Waals surface area contributed by atoms with Crippen molar-refractivity contribution >= 4 is 5.78 Å². The molecule has 5 heteroatoms. The summed E-state index contributed by atoms with van der Waals surface area (Å²) >= 11 is 0. The molecule has 2 N–H and O–H groups in total. The van der Waals surface area contributed by atoms with Crippen LogP contribution in [0.1, 0.15) is 16.8 Å². The van der Waals surface area contributed by atoms with Crippen LogP contribution in [-0.2, 0) is 4.74 Å². The van der Waals surface area contributed by atoms with E-state index >= 15 is 0 Å². The van der Waals surface area contributed by atoms with E-state index < -0.39 is 11.4 Å². The minimum atomic E-state index is -1.07. The summed E-state index contributed by atoms with van der Waals surface area (Å²) in [5.74, 6) is -0.504. The van der Waals surface area contributed by atoms with E-state index in [9.17, 15) is 9.18 Å². The number of halogens is 1. The zero-order valence-electron chi connectivity index (χ0n) is 9.53. The summed E-state index contributed by atoms with van der Waals surface area (Å²) in [5, 5.41) is 0. The maximum absolute atomic E-state index is 13.2. The third-order valence-corrected chi connectivity index (χ3v) is 2.91. The summed E-state index contributed by atoms with van der Waals surface area (Å²) < 4.78 is 23.3. The van der Waals surface area contributed by atoms with E-state index in [1.54, 1.807) is 0 Å². The smallest absolute Gasteiger partial charge is 0.188 e. The molecule has 1 fully saturated rings. The van der Waals surface area contributed by atoms with Gasteiger partial charge in [-0.3, -0.25) is 4.79 Å². The van der Waals surface area contributed by atoms with Crippen molar-refractivity contribution in [2.24, 2.45) is 5.73 Å². The SMILES string of the molecule is COc1ccc(F)cc1C(=O)C1(N)CCOC1. The van der Waals surface area contributed by atoms with Gasteiger partial charge in [-0.05, 0) is 24.6 Å². The number of hydrogen-bond donors (Lipinski definition) is 1. The molecule has 0 aromatic heterocycles.